The minimum absolute atomic E-state index is 0.0179. The normalized spacial score (nSPS) is 16.4. The molecular weight excluding hydrogens is 240 g/mol. The summed E-state index contributed by atoms with van der Waals surface area (Å²) < 4.78 is 27.4. The van der Waals surface area contributed by atoms with E-state index in [9.17, 15) is 8.42 Å². The number of rotatable bonds is 3. The topological polar surface area (TPSA) is 82.3 Å². The number of hydrogen-bond acceptors (Lipinski definition) is 4. The Bertz CT molecular complexity index is 485. The highest BCUT2D eigenvalue weighted by Gasteiger charge is 2.24. The van der Waals surface area contributed by atoms with E-state index in [1.54, 1.807) is 0 Å². The highest BCUT2D eigenvalue weighted by molar-refractivity contribution is 7.89. The summed E-state index contributed by atoms with van der Waals surface area (Å²) in [7, 11) is -3.86. The van der Waals surface area contributed by atoms with E-state index in [1.807, 2.05) is 0 Å². The van der Waals surface area contributed by atoms with Gasteiger partial charge in [0.2, 0.25) is 0 Å². The van der Waals surface area contributed by atoms with Crippen molar-refractivity contribution in [2.24, 2.45) is 5.14 Å². The predicted octanol–water partition coefficient (Wildman–Crippen LogP) is 0.924. The smallest absolute Gasteiger partial charge is 0.257 e. The molecule has 1 fully saturated rings. The van der Waals surface area contributed by atoms with E-state index in [1.165, 1.54) is 12.3 Å². The highest BCUT2D eigenvalue weighted by atomic mass is 35.5. The molecule has 1 aromatic heterocycles. The predicted molar refractivity (Wildman–Crippen MR) is 54.3 cm³/mol. The standard InChI is InChI=1S/C8H9ClN2O3S/c9-7-3-6(14-5-1-2-5)4-11-8(7)15(10,12)13/h3-5H,1-2H2,(H2,10,12,13). The Hall–Kier alpha value is -0.850. The van der Waals surface area contributed by atoms with Crippen molar-refractivity contribution in [3.63, 3.8) is 0 Å². The second-order valence-corrected chi connectivity index (χ2v) is 5.20. The molecule has 0 aromatic carbocycles. The second-order valence-electron chi connectivity index (χ2n) is 3.32. The molecule has 1 aliphatic rings. The van der Waals surface area contributed by atoms with Crippen molar-refractivity contribution >= 4 is 21.6 Å². The number of sulfonamides is 1. The van der Waals surface area contributed by atoms with Crippen molar-refractivity contribution < 1.29 is 13.2 Å². The molecule has 0 atom stereocenters. The third kappa shape index (κ3) is 2.58. The number of aromatic nitrogens is 1. The zero-order valence-electron chi connectivity index (χ0n) is 7.68. The minimum Gasteiger partial charge on any atom is -0.489 e. The Balaban J connectivity index is 2.29. The van der Waals surface area contributed by atoms with Gasteiger partial charge >= 0.3 is 0 Å². The second kappa shape index (κ2) is 3.62. The van der Waals surface area contributed by atoms with Crippen molar-refractivity contribution in [1.29, 1.82) is 0 Å². The van der Waals surface area contributed by atoms with Crippen LogP contribution < -0.4 is 9.88 Å². The number of ether oxygens (including phenoxy) is 1. The van der Waals surface area contributed by atoms with Crippen LogP contribution >= 0.6 is 11.6 Å². The van der Waals surface area contributed by atoms with Crippen molar-refractivity contribution in [3.05, 3.63) is 17.3 Å². The maximum absolute atomic E-state index is 11.0. The molecule has 7 heteroatoms. The van der Waals surface area contributed by atoms with Gasteiger partial charge < -0.3 is 4.74 Å². The van der Waals surface area contributed by atoms with E-state index in [-0.39, 0.29) is 16.2 Å². The van der Waals surface area contributed by atoms with Crippen molar-refractivity contribution in [2.75, 3.05) is 0 Å². The van der Waals surface area contributed by atoms with Gasteiger partial charge in [0.15, 0.2) is 5.03 Å². The zero-order chi connectivity index (χ0) is 11.1. The third-order valence-electron chi connectivity index (χ3n) is 1.88. The number of pyridine rings is 1. The molecule has 0 saturated heterocycles. The molecular formula is C8H9ClN2O3S. The Labute approximate surface area is 92.3 Å². The fraction of sp³-hybridized carbons (Fsp3) is 0.375. The first-order chi connectivity index (χ1) is 6.97. The molecule has 1 aliphatic carbocycles. The molecule has 5 nitrogen and oxygen atoms in total. The minimum atomic E-state index is -3.86. The third-order valence-corrected chi connectivity index (χ3v) is 3.14. The van der Waals surface area contributed by atoms with E-state index in [0.717, 1.165) is 12.8 Å². The van der Waals surface area contributed by atoms with Crippen LogP contribution in [0, 0.1) is 0 Å². The van der Waals surface area contributed by atoms with E-state index in [4.69, 9.17) is 21.5 Å². The zero-order valence-corrected chi connectivity index (χ0v) is 9.25. The number of nitrogens with two attached hydrogens (primary N) is 1. The molecule has 15 heavy (non-hydrogen) atoms. The molecule has 82 valence electrons. The van der Waals surface area contributed by atoms with Gasteiger partial charge in [0.25, 0.3) is 10.0 Å². The maximum atomic E-state index is 11.0. The van der Waals surface area contributed by atoms with E-state index in [0.29, 0.717) is 5.75 Å². The number of nitrogens with zero attached hydrogens (tertiary/aromatic N) is 1. The summed E-state index contributed by atoms with van der Waals surface area (Å²) in [5.41, 5.74) is 0. The lowest BCUT2D eigenvalue weighted by Crippen LogP contribution is -2.14. The molecule has 0 bridgehead atoms. The van der Waals surface area contributed by atoms with Crippen LogP contribution in [0.1, 0.15) is 12.8 Å². The van der Waals surface area contributed by atoms with Gasteiger partial charge in [-0.2, -0.15) is 0 Å². The van der Waals surface area contributed by atoms with E-state index in [2.05, 4.69) is 4.98 Å². The lowest BCUT2D eigenvalue weighted by molar-refractivity contribution is 0.301. The molecule has 0 amide bonds. The van der Waals surface area contributed by atoms with Crippen LogP contribution in [0.2, 0.25) is 5.02 Å². The Morgan fingerprint density at radius 2 is 2.20 bits per heavy atom. The number of halogens is 1. The molecule has 1 saturated carbocycles. The van der Waals surface area contributed by atoms with Gasteiger partial charge in [-0.1, -0.05) is 11.6 Å². The van der Waals surface area contributed by atoms with Gasteiger partial charge in [0.1, 0.15) is 5.75 Å². The average molecular weight is 249 g/mol. The first-order valence-corrected chi connectivity index (χ1v) is 6.24. The molecule has 2 rings (SSSR count). The molecule has 1 aromatic rings. The summed E-state index contributed by atoms with van der Waals surface area (Å²) in [5.74, 6) is 0.468. The molecule has 0 spiro atoms. The summed E-state index contributed by atoms with van der Waals surface area (Å²) in [4.78, 5) is 3.66. The fourth-order valence-corrected chi connectivity index (χ4v) is 2.07. The first kappa shape index (κ1) is 10.7. The summed E-state index contributed by atoms with van der Waals surface area (Å²) in [6.07, 6.45) is 3.54. The van der Waals surface area contributed by atoms with Gasteiger partial charge in [-0.15, -0.1) is 0 Å². The van der Waals surface area contributed by atoms with Crippen LogP contribution in [0.15, 0.2) is 17.3 Å². The van der Waals surface area contributed by atoms with E-state index < -0.39 is 10.0 Å². The number of primary sulfonamides is 1. The highest BCUT2D eigenvalue weighted by Crippen LogP contribution is 2.29. The van der Waals surface area contributed by atoms with Crippen LogP contribution in [-0.4, -0.2) is 19.5 Å². The summed E-state index contributed by atoms with van der Waals surface area (Å²) in [6.45, 7) is 0. The summed E-state index contributed by atoms with van der Waals surface area (Å²) >= 11 is 5.72. The molecule has 1 heterocycles. The molecule has 0 aliphatic heterocycles. The summed E-state index contributed by atoms with van der Waals surface area (Å²) in [6, 6.07) is 1.41. The van der Waals surface area contributed by atoms with Gasteiger partial charge in [0.05, 0.1) is 17.3 Å². The molecule has 0 unspecified atom stereocenters. The summed E-state index contributed by atoms with van der Waals surface area (Å²) in [5, 5.41) is 4.56. The molecule has 0 radical (unpaired) electrons. The largest absolute Gasteiger partial charge is 0.489 e. The van der Waals surface area contributed by atoms with Gasteiger partial charge in [-0.05, 0) is 12.8 Å². The lowest BCUT2D eigenvalue weighted by atomic mass is 10.4. The monoisotopic (exact) mass is 248 g/mol. The van der Waals surface area contributed by atoms with Crippen molar-refractivity contribution in [3.8, 4) is 5.75 Å². The van der Waals surface area contributed by atoms with Crippen LogP contribution in [0.5, 0.6) is 5.75 Å². The molecule has 2 N–H and O–H groups in total. The van der Waals surface area contributed by atoms with Crippen molar-refractivity contribution in [1.82, 2.24) is 4.98 Å². The SMILES string of the molecule is NS(=O)(=O)c1ncc(OC2CC2)cc1Cl. The van der Waals surface area contributed by atoms with Crippen molar-refractivity contribution in [2.45, 2.75) is 24.0 Å². The lowest BCUT2D eigenvalue weighted by Gasteiger charge is -2.05. The van der Waals surface area contributed by atoms with E-state index >= 15 is 0 Å². The fourth-order valence-electron chi connectivity index (χ4n) is 1.06. The van der Waals surface area contributed by atoms with Crippen LogP contribution in [0.4, 0.5) is 0 Å². The first-order valence-electron chi connectivity index (χ1n) is 4.32. The Morgan fingerprint density at radius 3 is 2.67 bits per heavy atom. The van der Waals surface area contributed by atoms with Gasteiger partial charge in [-0.25, -0.2) is 18.5 Å². The van der Waals surface area contributed by atoms with Crippen LogP contribution in [0.25, 0.3) is 0 Å². The van der Waals surface area contributed by atoms with Crippen LogP contribution in [0.3, 0.4) is 0 Å². The Kier molecular flexibility index (Phi) is 2.57. The average Bonchev–Trinajstić information content (AvgIpc) is 2.85. The maximum Gasteiger partial charge on any atom is 0.257 e. The number of hydrogen-bond donors (Lipinski definition) is 1. The Morgan fingerprint density at radius 1 is 1.53 bits per heavy atom. The quantitative estimate of drug-likeness (QED) is 0.862. The van der Waals surface area contributed by atoms with Crippen LogP contribution in [-0.2, 0) is 10.0 Å². The van der Waals surface area contributed by atoms with Gasteiger partial charge in [-0.3, -0.25) is 0 Å². The van der Waals surface area contributed by atoms with Gasteiger partial charge in [0, 0.05) is 6.07 Å².